The van der Waals surface area contributed by atoms with Crippen LogP contribution in [-0.4, -0.2) is 36.3 Å². The van der Waals surface area contributed by atoms with E-state index in [0.29, 0.717) is 26.3 Å². The van der Waals surface area contributed by atoms with E-state index in [1.807, 2.05) is 0 Å². The fourth-order valence-corrected chi connectivity index (χ4v) is 3.08. The van der Waals surface area contributed by atoms with Crippen molar-refractivity contribution >= 4 is 35.0 Å². The van der Waals surface area contributed by atoms with Crippen molar-refractivity contribution in [1.82, 2.24) is 9.97 Å². The lowest BCUT2D eigenvalue weighted by Crippen LogP contribution is -2.38. The lowest BCUT2D eigenvalue weighted by Gasteiger charge is -2.28. The smallest absolute Gasteiger partial charge is 0.383 e. The van der Waals surface area contributed by atoms with Gasteiger partial charge < -0.3 is 15.4 Å². The third-order valence-electron chi connectivity index (χ3n) is 3.64. The summed E-state index contributed by atoms with van der Waals surface area (Å²) in [7, 11) is 0. The molecule has 2 aromatic rings. The number of halogens is 5. The normalized spacial score (nSPS) is 15.5. The van der Waals surface area contributed by atoms with E-state index in [1.54, 1.807) is 4.90 Å². The lowest BCUT2D eigenvalue weighted by atomic mass is 10.0. The maximum atomic E-state index is 13.6. The number of morpholine rings is 1. The number of hydrogen-bond donors (Lipinski definition) is 1. The lowest BCUT2D eigenvalue weighted by molar-refractivity contribution is -0.140. The number of aromatic nitrogens is 2. The van der Waals surface area contributed by atoms with Crippen LogP contribution in [-0.2, 0) is 10.9 Å². The second-order valence-corrected chi connectivity index (χ2v) is 6.26. The molecule has 1 saturated heterocycles. The van der Waals surface area contributed by atoms with Crippen molar-refractivity contribution in [2.24, 2.45) is 0 Å². The molecule has 10 heteroatoms. The maximum absolute atomic E-state index is 13.6. The number of ether oxygens (including phenoxy) is 1. The summed E-state index contributed by atoms with van der Waals surface area (Å²) in [6.07, 6.45) is -4.72. The Morgan fingerprint density at radius 3 is 2.20 bits per heavy atom. The van der Waals surface area contributed by atoms with E-state index in [2.05, 4.69) is 9.97 Å². The molecular weight excluding hydrogens is 380 g/mol. The predicted octanol–water partition coefficient (Wildman–Crippen LogP) is 3.89. The van der Waals surface area contributed by atoms with Crippen molar-refractivity contribution in [2.75, 3.05) is 36.9 Å². The quantitative estimate of drug-likeness (QED) is 0.839. The highest BCUT2D eigenvalue weighted by atomic mass is 35.5. The Labute approximate surface area is 151 Å². The van der Waals surface area contributed by atoms with E-state index in [4.69, 9.17) is 33.7 Å². The molecule has 0 bridgehead atoms. The van der Waals surface area contributed by atoms with E-state index < -0.39 is 11.9 Å². The highest BCUT2D eigenvalue weighted by Crippen LogP contribution is 2.40. The van der Waals surface area contributed by atoms with E-state index >= 15 is 0 Å². The Morgan fingerprint density at radius 2 is 1.64 bits per heavy atom. The van der Waals surface area contributed by atoms with Crippen molar-refractivity contribution in [3.05, 3.63) is 33.9 Å². The molecular formula is C15H13Cl2F3N4O. The van der Waals surface area contributed by atoms with Gasteiger partial charge in [0.05, 0.1) is 18.8 Å². The van der Waals surface area contributed by atoms with Crippen LogP contribution in [0.15, 0.2) is 18.2 Å². The van der Waals surface area contributed by atoms with Crippen molar-refractivity contribution in [3.63, 3.8) is 0 Å². The van der Waals surface area contributed by atoms with Crippen LogP contribution in [0, 0.1) is 0 Å². The fraction of sp³-hybridized carbons (Fsp3) is 0.333. The van der Waals surface area contributed by atoms with E-state index in [1.165, 1.54) is 18.2 Å². The number of nitrogens with zero attached hydrogens (tertiary/aromatic N) is 3. The first kappa shape index (κ1) is 18.0. The number of anilines is 2. The predicted molar refractivity (Wildman–Crippen MR) is 89.9 cm³/mol. The number of nitrogens with two attached hydrogens (primary N) is 1. The van der Waals surface area contributed by atoms with Crippen LogP contribution in [0.4, 0.5) is 24.9 Å². The van der Waals surface area contributed by atoms with Gasteiger partial charge in [0, 0.05) is 23.1 Å². The first-order valence-corrected chi connectivity index (χ1v) is 8.05. The Balaban J connectivity index is 2.17. The summed E-state index contributed by atoms with van der Waals surface area (Å²) in [4.78, 5) is 9.39. The van der Waals surface area contributed by atoms with Gasteiger partial charge >= 0.3 is 6.18 Å². The molecule has 3 rings (SSSR count). The second kappa shape index (κ2) is 6.86. The van der Waals surface area contributed by atoms with Crippen LogP contribution in [0.25, 0.3) is 11.1 Å². The number of nitrogen functional groups attached to an aromatic ring is 1. The van der Waals surface area contributed by atoms with Crippen LogP contribution >= 0.6 is 23.2 Å². The number of rotatable bonds is 2. The maximum Gasteiger partial charge on any atom is 0.434 e. The molecule has 1 aliphatic heterocycles. The van der Waals surface area contributed by atoms with Crippen molar-refractivity contribution in [2.45, 2.75) is 6.18 Å². The average Bonchev–Trinajstić information content (AvgIpc) is 2.53. The number of benzene rings is 1. The molecule has 5 nitrogen and oxygen atoms in total. The van der Waals surface area contributed by atoms with Gasteiger partial charge in [-0.1, -0.05) is 23.2 Å². The standard InChI is InChI=1S/C15H13Cl2F3N4O/c16-9-5-8(6-10(17)7-9)11-12(15(18,19)20)22-14(23-13(11)21)24-1-3-25-4-2-24/h5-7H,1-4H2,(H2,21,22,23). The zero-order valence-electron chi connectivity index (χ0n) is 12.8. The minimum atomic E-state index is -4.72. The average molecular weight is 393 g/mol. The molecule has 0 aliphatic carbocycles. The van der Waals surface area contributed by atoms with Gasteiger partial charge in [0.25, 0.3) is 0 Å². The highest BCUT2D eigenvalue weighted by molar-refractivity contribution is 6.35. The van der Waals surface area contributed by atoms with Crippen LogP contribution in [0.5, 0.6) is 0 Å². The molecule has 0 unspecified atom stereocenters. The molecule has 1 aliphatic rings. The summed E-state index contributed by atoms with van der Waals surface area (Å²) in [5.74, 6) is -0.368. The van der Waals surface area contributed by atoms with Crippen LogP contribution in [0.3, 0.4) is 0 Å². The second-order valence-electron chi connectivity index (χ2n) is 5.39. The van der Waals surface area contributed by atoms with Gasteiger partial charge in [-0.3, -0.25) is 0 Å². The van der Waals surface area contributed by atoms with Crippen LogP contribution in [0.1, 0.15) is 5.69 Å². The Morgan fingerprint density at radius 1 is 1.04 bits per heavy atom. The third-order valence-corrected chi connectivity index (χ3v) is 4.08. The summed E-state index contributed by atoms with van der Waals surface area (Å²) in [5.41, 5.74) is 4.51. The summed E-state index contributed by atoms with van der Waals surface area (Å²) in [6.45, 7) is 1.55. The molecule has 1 fully saturated rings. The first-order valence-electron chi connectivity index (χ1n) is 7.29. The molecule has 0 amide bonds. The van der Waals surface area contributed by atoms with Gasteiger partial charge in [-0.2, -0.15) is 18.2 Å². The SMILES string of the molecule is Nc1nc(N2CCOCC2)nc(C(F)(F)F)c1-c1cc(Cl)cc(Cl)c1. The number of alkyl halides is 3. The first-order chi connectivity index (χ1) is 11.8. The van der Waals surface area contributed by atoms with E-state index in [-0.39, 0.29) is 32.9 Å². The van der Waals surface area contributed by atoms with Crippen LogP contribution in [0.2, 0.25) is 10.0 Å². The summed E-state index contributed by atoms with van der Waals surface area (Å²) in [5, 5.41) is 0.375. The van der Waals surface area contributed by atoms with E-state index in [0.717, 1.165) is 0 Å². The van der Waals surface area contributed by atoms with Gasteiger partial charge in [-0.15, -0.1) is 0 Å². The monoisotopic (exact) mass is 392 g/mol. The molecule has 0 atom stereocenters. The van der Waals surface area contributed by atoms with E-state index in [9.17, 15) is 13.2 Å². The molecule has 0 saturated carbocycles. The topological polar surface area (TPSA) is 64.3 Å². The Bertz CT molecular complexity index is 775. The molecule has 0 spiro atoms. The summed E-state index contributed by atoms with van der Waals surface area (Å²) in [6, 6.07) is 4.09. The van der Waals surface area contributed by atoms with Gasteiger partial charge in [-0.25, -0.2) is 4.98 Å². The highest BCUT2D eigenvalue weighted by Gasteiger charge is 2.38. The summed E-state index contributed by atoms with van der Waals surface area (Å²) >= 11 is 11.8. The van der Waals surface area contributed by atoms with Crippen molar-refractivity contribution in [3.8, 4) is 11.1 Å². The zero-order chi connectivity index (χ0) is 18.2. The van der Waals surface area contributed by atoms with Crippen molar-refractivity contribution < 1.29 is 17.9 Å². The Kier molecular flexibility index (Phi) is 4.95. The molecule has 25 heavy (non-hydrogen) atoms. The van der Waals surface area contributed by atoms with Crippen LogP contribution < -0.4 is 10.6 Å². The minimum absolute atomic E-state index is 0.0787. The fourth-order valence-electron chi connectivity index (χ4n) is 2.56. The molecule has 134 valence electrons. The third kappa shape index (κ3) is 3.91. The van der Waals surface area contributed by atoms with Gasteiger partial charge in [0.1, 0.15) is 5.82 Å². The Hall–Kier alpha value is -1.77. The van der Waals surface area contributed by atoms with Gasteiger partial charge in [0.15, 0.2) is 5.69 Å². The zero-order valence-corrected chi connectivity index (χ0v) is 14.3. The molecule has 2 N–H and O–H groups in total. The molecule has 1 aromatic heterocycles. The molecule has 0 radical (unpaired) electrons. The molecule has 1 aromatic carbocycles. The van der Waals surface area contributed by atoms with Gasteiger partial charge in [-0.05, 0) is 23.8 Å². The van der Waals surface area contributed by atoms with Crippen molar-refractivity contribution in [1.29, 1.82) is 0 Å². The molecule has 2 heterocycles. The number of hydrogen-bond acceptors (Lipinski definition) is 5. The van der Waals surface area contributed by atoms with Gasteiger partial charge in [0.2, 0.25) is 5.95 Å². The minimum Gasteiger partial charge on any atom is -0.383 e. The largest absolute Gasteiger partial charge is 0.434 e. The summed E-state index contributed by atoms with van der Waals surface area (Å²) < 4.78 is 46.0.